The largest absolute Gasteiger partial charge is 0.493 e. The zero-order valence-electron chi connectivity index (χ0n) is 13.7. The minimum Gasteiger partial charge on any atom is -0.493 e. The first-order valence-electron chi connectivity index (χ1n) is 7.21. The van der Waals surface area contributed by atoms with Gasteiger partial charge in [-0.1, -0.05) is 34.6 Å². The number of nitro groups is 1. The van der Waals surface area contributed by atoms with E-state index in [2.05, 4.69) is 20.8 Å². The monoisotopic (exact) mass is 295 g/mol. The van der Waals surface area contributed by atoms with Crippen molar-refractivity contribution in [1.29, 1.82) is 0 Å². The van der Waals surface area contributed by atoms with Crippen LogP contribution in [0.2, 0.25) is 0 Å². The van der Waals surface area contributed by atoms with Crippen LogP contribution in [0.1, 0.15) is 52.5 Å². The van der Waals surface area contributed by atoms with Gasteiger partial charge in [0, 0.05) is 5.56 Å². The number of hydrogen-bond acceptors (Lipinski definition) is 4. The average Bonchev–Trinajstić information content (AvgIpc) is 2.42. The molecule has 1 aromatic rings. The van der Waals surface area contributed by atoms with Gasteiger partial charge in [0.1, 0.15) is 0 Å². The van der Waals surface area contributed by atoms with Gasteiger partial charge in [0.15, 0.2) is 11.5 Å². The normalized spacial score (nSPS) is 12.9. The highest BCUT2D eigenvalue weighted by Gasteiger charge is 2.30. The van der Waals surface area contributed by atoms with Gasteiger partial charge in [-0.3, -0.25) is 10.1 Å². The number of ether oxygens (including phenoxy) is 2. The van der Waals surface area contributed by atoms with E-state index in [0.717, 1.165) is 6.42 Å². The third-order valence-electron chi connectivity index (χ3n) is 3.74. The maximum absolute atomic E-state index is 11.4. The van der Waals surface area contributed by atoms with E-state index in [4.69, 9.17) is 9.47 Å². The lowest BCUT2D eigenvalue weighted by Crippen LogP contribution is -2.17. The van der Waals surface area contributed by atoms with Gasteiger partial charge in [-0.25, -0.2) is 0 Å². The van der Waals surface area contributed by atoms with E-state index in [-0.39, 0.29) is 21.9 Å². The Morgan fingerprint density at radius 2 is 1.90 bits per heavy atom. The van der Waals surface area contributed by atoms with Crippen LogP contribution in [0, 0.1) is 15.5 Å². The third kappa shape index (κ3) is 4.09. The molecule has 0 aliphatic heterocycles. The SMILES string of the molecule is CCCOc1cc([N+](=O)[O-])c(C(C)C(C)(C)C)cc1OC. The van der Waals surface area contributed by atoms with Gasteiger partial charge in [0.2, 0.25) is 0 Å². The van der Waals surface area contributed by atoms with Crippen LogP contribution in [0.25, 0.3) is 0 Å². The number of methoxy groups -OCH3 is 1. The molecule has 21 heavy (non-hydrogen) atoms. The molecule has 0 spiro atoms. The lowest BCUT2D eigenvalue weighted by molar-refractivity contribution is -0.385. The van der Waals surface area contributed by atoms with Crippen LogP contribution >= 0.6 is 0 Å². The molecule has 0 amide bonds. The molecule has 0 aromatic heterocycles. The van der Waals surface area contributed by atoms with Crippen molar-refractivity contribution in [3.63, 3.8) is 0 Å². The smallest absolute Gasteiger partial charge is 0.276 e. The Morgan fingerprint density at radius 1 is 1.29 bits per heavy atom. The Balaban J connectivity index is 3.39. The van der Waals surface area contributed by atoms with Crippen LogP contribution in [0.15, 0.2) is 12.1 Å². The highest BCUT2D eigenvalue weighted by molar-refractivity contribution is 5.55. The summed E-state index contributed by atoms with van der Waals surface area (Å²) in [6.07, 6.45) is 0.830. The van der Waals surface area contributed by atoms with Crippen LogP contribution in [0.3, 0.4) is 0 Å². The molecule has 0 radical (unpaired) electrons. The Morgan fingerprint density at radius 3 is 2.33 bits per heavy atom. The number of nitro benzene ring substituents is 1. The number of rotatable bonds is 6. The first-order valence-corrected chi connectivity index (χ1v) is 7.21. The molecule has 0 N–H and O–H groups in total. The van der Waals surface area contributed by atoms with Crippen molar-refractivity contribution in [2.45, 2.75) is 47.0 Å². The molecule has 5 nitrogen and oxygen atoms in total. The lowest BCUT2D eigenvalue weighted by atomic mass is 9.77. The predicted octanol–water partition coefficient (Wildman–Crippen LogP) is 4.54. The topological polar surface area (TPSA) is 61.6 Å². The summed E-state index contributed by atoms with van der Waals surface area (Å²) in [5.41, 5.74) is 0.680. The molecule has 1 atom stereocenters. The first-order chi connectivity index (χ1) is 9.72. The zero-order valence-corrected chi connectivity index (χ0v) is 13.7. The lowest BCUT2D eigenvalue weighted by Gasteiger charge is -2.27. The summed E-state index contributed by atoms with van der Waals surface area (Å²) >= 11 is 0. The fourth-order valence-corrected chi connectivity index (χ4v) is 2.02. The van der Waals surface area contributed by atoms with E-state index < -0.39 is 0 Å². The van der Waals surface area contributed by atoms with Gasteiger partial charge in [-0.15, -0.1) is 0 Å². The highest BCUT2D eigenvalue weighted by Crippen LogP contribution is 2.43. The molecular formula is C16H25NO4. The summed E-state index contributed by atoms with van der Waals surface area (Å²) in [6, 6.07) is 3.21. The van der Waals surface area contributed by atoms with Crippen LogP contribution in [0.4, 0.5) is 5.69 Å². The molecule has 0 bridgehead atoms. The minimum atomic E-state index is -0.351. The van der Waals surface area contributed by atoms with Crippen LogP contribution in [-0.4, -0.2) is 18.6 Å². The summed E-state index contributed by atoms with van der Waals surface area (Å²) in [6.45, 7) is 10.7. The highest BCUT2D eigenvalue weighted by atomic mass is 16.6. The summed E-state index contributed by atoms with van der Waals surface area (Å²) in [4.78, 5) is 11.0. The van der Waals surface area contributed by atoms with E-state index in [9.17, 15) is 10.1 Å². The second kappa shape index (κ2) is 6.78. The maximum Gasteiger partial charge on any atom is 0.276 e. The van der Waals surface area contributed by atoms with Crippen molar-refractivity contribution >= 4 is 5.69 Å². The van der Waals surface area contributed by atoms with Crippen LogP contribution in [-0.2, 0) is 0 Å². The van der Waals surface area contributed by atoms with Crippen molar-refractivity contribution in [2.75, 3.05) is 13.7 Å². The quantitative estimate of drug-likeness (QED) is 0.571. The van der Waals surface area contributed by atoms with Crippen molar-refractivity contribution in [2.24, 2.45) is 5.41 Å². The summed E-state index contributed by atoms with van der Waals surface area (Å²) in [5.74, 6) is 0.989. The van der Waals surface area contributed by atoms with Crippen molar-refractivity contribution in [1.82, 2.24) is 0 Å². The fourth-order valence-electron chi connectivity index (χ4n) is 2.02. The van der Waals surface area contributed by atoms with Crippen LogP contribution in [0.5, 0.6) is 11.5 Å². The molecule has 0 heterocycles. The fraction of sp³-hybridized carbons (Fsp3) is 0.625. The average molecular weight is 295 g/mol. The summed E-state index contributed by atoms with van der Waals surface area (Å²) < 4.78 is 10.9. The molecule has 0 saturated carbocycles. The molecule has 0 aliphatic carbocycles. The molecule has 0 saturated heterocycles. The number of nitrogens with zero attached hydrogens (tertiary/aromatic N) is 1. The molecule has 1 aromatic carbocycles. The van der Waals surface area contributed by atoms with E-state index in [0.29, 0.717) is 23.7 Å². The Hall–Kier alpha value is -1.78. The molecule has 118 valence electrons. The van der Waals surface area contributed by atoms with Gasteiger partial charge in [0.25, 0.3) is 5.69 Å². The second-order valence-corrected chi connectivity index (χ2v) is 6.26. The number of benzene rings is 1. The molecular weight excluding hydrogens is 270 g/mol. The summed E-state index contributed by atoms with van der Waals surface area (Å²) in [7, 11) is 1.55. The van der Waals surface area contributed by atoms with Gasteiger partial charge >= 0.3 is 0 Å². The molecule has 1 rings (SSSR count). The van der Waals surface area contributed by atoms with Gasteiger partial charge in [-0.2, -0.15) is 0 Å². The Bertz CT molecular complexity index is 506. The first kappa shape index (κ1) is 17.3. The molecule has 1 unspecified atom stereocenters. The third-order valence-corrected chi connectivity index (χ3v) is 3.74. The zero-order chi connectivity index (χ0) is 16.2. The van der Waals surface area contributed by atoms with Crippen LogP contribution < -0.4 is 9.47 Å². The van der Waals surface area contributed by atoms with E-state index in [1.165, 1.54) is 6.07 Å². The standard InChI is InChI=1S/C16H25NO4/c1-7-8-21-15-10-13(17(18)19)12(9-14(15)20-6)11(2)16(3,4)5/h9-11H,7-8H2,1-6H3. The van der Waals surface area contributed by atoms with Crippen molar-refractivity contribution < 1.29 is 14.4 Å². The van der Waals surface area contributed by atoms with Crippen molar-refractivity contribution in [3.8, 4) is 11.5 Å². The van der Waals surface area contributed by atoms with Gasteiger partial charge in [0.05, 0.1) is 24.7 Å². The Kier molecular flexibility index (Phi) is 5.58. The Labute approximate surface area is 126 Å². The van der Waals surface area contributed by atoms with Gasteiger partial charge in [-0.05, 0) is 23.8 Å². The maximum atomic E-state index is 11.4. The van der Waals surface area contributed by atoms with Crippen molar-refractivity contribution in [3.05, 3.63) is 27.8 Å². The van der Waals surface area contributed by atoms with E-state index >= 15 is 0 Å². The summed E-state index contributed by atoms with van der Waals surface area (Å²) in [5, 5.41) is 11.4. The predicted molar refractivity (Wildman–Crippen MR) is 83.3 cm³/mol. The van der Waals surface area contributed by atoms with E-state index in [1.807, 2.05) is 13.8 Å². The molecule has 0 aliphatic rings. The number of hydrogen-bond donors (Lipinski definition) is 0. The minimum absolute atomic E-state index is 0.0204. The molecule has 0 fully saturated rings. The molecule has 5 heteroatoms. The van der Waals surface area contributed by atoms with E-state index in [1.54, 1.807) is 13.2 Å². The van der Waals surface area contributed by atoms with Gasteiger partial charge < -0.3 is 9.47 Å². The second-order valence-electron chi connectivity index (χ2n) is 6.26.